The van der Waals surface area contributed by atoms with Crippen molar-refractivity contribution in [3.63, 3.8) is 0 Å². The van der Waals surface area contributed by atoms with E-state index in [4.69, 9.17) is 4.74 Å². The first-order chi connectivity index (χ1) is 8.55. The molecule has 1 N–H and O–H groups in total. The number of aromatic amines is 1. The van der Waals surface area contributed by atoms with E-state index in [1.807, 2.05) is 0 Å². The minimum atomic E-state index is -4.32. The lowest BCUT2D eigenvalue weighted by Crippen LogP contribution is -3.00. The molecule has 0 aliphatic heterocycles. The Morgan fingerprint density at radius 1 is 1.05 bits per heavy atom. The smallest absolute Gasteiger partial charge is 0.416 e. The molecule has 0 aliphatic carbocycles. The van der Waals surface area contributed by atoms with E-state index < -0.39 is 11.7 Å². The van der Waals surface area contributed by atoms with Crippen LogP contribution in [0.25, 0.3) is 0 Å². The topological polar surface area (TPSA) is 23.4 Å². The van der Waals surface area contributed by atoms with Gasteiger partial charge in [-0.3, -0.25) is 0 Å². The van der Waals surface area contributed by atoms with Crippen molar-refractivity contribution >= 4 is 0 Å². The van der Waals surface area contributed by atoms with Crippen LogP contribution in [0.1, 0.15) is 11.1 Å². The van der Waals surface area contributed by atoms with Crippen LogP contribution in [0.2, 0.25) is 0 Å². The molecule has 1 aromatic carbocycles. The van der Waals surface area contributed by atoms with Gasteiger partial charge in [0.2, 0.25) is 0 Å². The third-order valence-corrected chi connectivity index (χ3v) is 2.33. The predicted octanol–water partition coefficient (Wildman–Crippen LogP) is 0.103. The van der Waals surface area contributed by atoms with Gasteiger partial charge in [-0.25, -0.2) is 0 Å². The van der Waals surface area contributed by atoms with Crippen LogP contribution >= 0.6 is 0 Å². The quantitative estimate of drug-likeness (QED) is 0.786. The van der Waals surface area contributed by atoms with Crippen molar-refractivity contribution < 1.29 is 35.3 Å². The molecule has 0 atom stereocenters. The second-order valence-corrected chi connectivity index (χ2v) is 3.71. The average molecular weight is 290 g/mol. The number of benzene rings is 1. The summed E-state index contributed by atoms with van der Waals surface area (Å²) in [5.41, 5.74) is -0.192. The number of rotatable bonds is 3. The zero-order chi connectivity index (χ0) is 13.0. The maximum atomic E-state index is 12.5. The Hall–Kier alpha value is -1.75. The van der Waals surface area contributed by atoms with E-state index in [0.717, 1.165) is 12.1 Å². The number of H-pyrrole nitrogens is 1. The van der Waals surface area contributed by atoms with Gasteiger partial charge in [0.05, 0.1) is 11.6 Å². The van der Waals surface area contributed by atoms with E-state index in [1.165, 1.54) is 6.07 Å². The van der Waals surface area contributed by atoms with Crippen molar-refractivity contribution in [2.24, 2.45) is 0 Å². The summed E-state index contributed by atoms with van der Waals surface area (Å²) in [5.74, 6) is 0.509. The SMILES string of the molecule is FC(F)(F)c1cccc(COc2cccc[nH+]2)c1.[Cl-]. The molecule has 1 heterocycles. The zero-order valence-corrected chi connectivity index (χ0v) is 10.5. The lowest BCUT2D eigenvalue weighted by Gasteiger charge is -2.08. The lowest BCUT2D eigenvalue weighted by atomic mass is 10.1. The second-order valence-electron chi connectivity index (χ2n) is 3.71. The highest BCUT2D eigenvalue weighted by Gasteiger charge is 2.30. The molecule has 0 spiro atoms. The monoisotopic (exact) mass is 289 g/mol. The molecule has 0 saturated heterocycles. The molecule has 0 saturated carbocycles. The summed E-state index contributed by atoms with van der Waals surface area (Å²) in [4.78, 5) is 2.84. The molecule has 2 aromatic rings. The fraction of sp³-hybridized carbons (Fsp3) is 0.154. The third kappa shape index (κ3) is 4.44. The number of pyridine rings is 1. The molecular formula is C13H11ClF3NO. The first kappa shape index (κ1) is 15.3. The molecule has 0 bridgehead atoms. The van der Waals surface area contributed by atoms with Crippen molar-refractivity contribution in [2.75, 3.05) is 0 Å². The fourth-order valence-corrected chi connectivity index (χ4v) is 1.47. The summed E-state index contributed by atoms with van der Waals surface area (Å²) in [5, 5.41) is 0. The molecule has 0 radical (unpaired) electrons. The van der Waals surface area contributed by atoms with Crippen LogP contribution < -0.4 is 22.1 Å². The molecule has 102 valence electrons. The van der Waals surface area contributed by atoms with Crippen LogP contribution in [0.5, 0.6) is 5.88 Å². The zero-order valence-electron chi connectivity index (χ0n) is 9.75. The minimum absolute atomic E-state index is 0. The largest absolute Gasteiger partial charge is 1.00 e. The number of alkyl halides is 3. The van der Waals surface area contributed by atoms with Gasteiger partial charge in [0.25, 0.3) is 0 Å². The minimum Gasteiger partial charge on any atom is -1.00 e. The van der Waals surface area contributed by atoms with Gasteiger partial charge in [0.15, 0.2) is 6.20 Å². The van der Waals surface area contributed by atoms with Gasteiger partial charge in [-0.05, 0) is 23.8 Å². The van der Waals surface area contributed by atoms with Crippen LogP contribution in [-0.2, 0) is 12.8 Å². The number of hydrogen-bond donors (Lipinski definition) is 0. The van der Waals surface area contributed by atoms with Gasteiger partial charge in [-0.15, -0.1) is 0 Å². The summed E-state index contributed by atoms with van der Waals surface area (Å²) in [7, 11) is 0. The number of aromatic nitrogens is 1. The molecule has 1 aromatic heterocycles. The third-order valence-electron chi connectivity index (χ3n) is 2.33. The highest BCUT2D eigenvalue weighted by molar-refractivity contribution is 5.25. The van der Waals surface area contributed by atoms with E-state index in [-0.39, 0.29) is 19.0 Å². The molecule has 19 heavy (non-hydrogen) atoms. The fourth-order valence-electron chi connectivity index (χ4n) is 1.47. The number of nitrogens with one attached hydrogen (secondary N) is 1. The van der Waals surface area contributed by atoms with Gasteiger partial charge in [0.1, 0.15) is 6.61 Å². The Bertz CT molecular complexity index is 517. The molecule has 6 heteroatoms. The summed E-state index contributed by atoms with van der Waals surface area (Å²) < 4.78 is 42.8. The Kier molecular flexibility index (Phi) is 5.18. The van der Waals surface area contributed by atoms with Gasteiger partial charge in [0, 0.05) is 6.07 Å². The van der Waals surface area contributed by atoms with Crippen molar-refractivity contribution in [2.45, 2.75) is 12.8 Å². The highest BCUT2D eigenvalue weighted by atomic mass is 35.5. The number of ether oxygens (including phenoxy) is 1. The lowest BCUT2D eigenvalue weighted by molar-refractivity contribution is -0.395. The normalized spacial score (nSPS) is 10.7. The molecule has 0 unspecified atom stereocenters. The highest BCUT2D eigenvalue weighted by Crippen LogP contribution is 2.29. The Morgan fingerprint density at radius 2 is 1.84 bits per heavy atom. The molecular weight excluding hydrogens is 279 g/mol. The first-order valence-electron chi connectivity index (χ1n) is 5.31. The van der Waals surface area contributed by atoms with Crippen LogP contribution in [0.3, 0.4) is 0 Å². The standard InChI is InChI=1S/C13H10F3NO.ClH/c14-13(15,16)11-5-3-4-10(8-11)9-18-12-6-1-2-7-17-12;/h1-8H,9H2;1H. The summed E-state index contributed by atoms with van der Waals surface area (Å²) in [6.45, 7) is 0.0877. The van der Waals surface area contributed by atoms with E-state index in [9.17, 15) is 13.2 Å². The van der Waals surface area contributed by atoms with Crippen LogP contribution in [-0.4, -0.2) is 0 Å². The maximum absolute atomic E-state index is 12.5. The van der Waals surface area contributed by atoms with Crippen LogP contribution in [0.4, 0.5) is 13.2 Å². The molecule has 2 rings (SSSR count). The molecule has 0 aliphatic rings. The Balaban J connectivity index is 0.00000180. The average Bonchev–Trinajstić information content (AvgIpc) is 2.37. The van der Waals surface area contributed by atoms with E-state index in [2.05, 4.69) is 4.98 Å². The summed E-state index contributed by atoms with van der Waals surface area (Å²) in [6.07, 6.45) is -2.64. The Morgan fingerprint density at radius 3 is 2.47 bits per heavy atom. The molecule has 0 fully saturated rings. The molecule has 0 amide bonds. The van der Waals surface area contributed by atoms with Crippen LogP contribution in [0.15, 0.2) is 48.7 Å². The van der Waals surface area contributed by atoms with E-state index in [0.29, 0.717) is 11.4 Å². The van der Waals surface area contributed by atoms with Crippen molar-refractivity contribution in [3.05, 3.63) is 59.8 Å². The van der Waals surface area contributed by atoms with Crippen LogP contribution in [0, 0.1) is 0 Å². The van der Waals surface area contributed by atoms with Gasteiger partial charge < -0.3 is 17.1 Å². The van der Waals surface area contributed by atoms with E-state index >= 15 is 0 Å². The van der Waals surface area contributed by atoms with Gasteiger partial charge in [-0.1, -0.05) is 12.1 Å². The Labute approximate surface area is 114 Å². The predicted molar refractivity (Wildman–Crippen MR) is 58.8 cm³/mol. The van der Waals surface area contributed by atoms with Crippen molar-refractivity contribution in [1.82, 2.24) is 0 Å². The molecule has 2 nitrogen and oxygen atoms in total. The van der Waals surface area contributed by atoms with Crippen molar-refractivity contribution in [3.8, 4) is 5.88 Å². The van der Waals surface area contributed by atoms with Gasteiger partial charge in [-0.2, -0.15) is 18.2 Å². The number of hydrogen-bond acceptors (Lipinski definition) is 1. The summed E-state index contributed by atoms with van der Waals surface area (Å²) in [6, 6.07) is 10.4. The van der Waals surface area contributed by atoms with Gasteiger partial charge >= 0.3 is 12.1 Å². The first-order valence-corrected chi connectivity index (χ1v) is 5.31. The second kappa shape index (κ2) is 6.43. The van der Waals surface area contributed by atoms with E-state index in [1.54, 1.807) is 30.5 Å². The summed E-state index contributed by atoms with van der Waals surface area (Å²) >= 11 is 0. The maximum Gasteiger partial charge on any atom is 0.416 e. The van der Waals surface area contributed by atoms with Crippen molar-refractivity contribution in [1.29, 1.82) is 0 Å². The number of halogens is 4.